The number of nitrogens with zero attached hydrogens (tertiary/aromatic N) is 1. The van der Waals surface area contributed by atoms with Crippen LogP contribution in [-0.2, 0) is 13.6 Å². The van der Waals surface area contributed by atoms with Crippen molar-refractivity contribution in [3.8, 4) is 0 Å². The number of carbonyl (C=O) groups excluding carboxylic acids is 1. The van der Waals surface area contributed by atoms with Crippen LogP contribution in [0.25, 0.3) is 0 Å². The predicted octanol–water partition coefficient (Wildman–Crippen LogP) is 3.79. The molecule has 0 spiro atoms. The first kappa shape index (κ1) is 21.7. The third-order valence-electron chi connectivity index (χ3n) is 3.71. The molecular weight excluding hydrogens is 385 g/mol. The maximum absolute atomic E-state index is 13.2. The maximum Gasteiger partial charge on any atom is 0.353 e. The number of benzene rings is 2. The maximum atomic E-state index is 13.2. The van der Waals surface area contributed by atoms with E-state index in [1.54, 1.807) is 38.1 Å². The SMILES string of the molecule is CCOP(=O)(OCC)C(NNC(=O)c1ccc([N+](=O)[O-])cc1)c1ccccc1. The van der Waals surface area contributed by atoms with Gasteiger partial charge in [-0.2, -0.15) is 0 Å². The van der Waals surface area contributed by atoms with Crippen molar-refractivity contribution in [3.63, 3.8) is 0 Å². The van der Waals surface area contributed by atoms with Gasteiger partial charge >= 0.3 is 7.60 Å². The van der Waals surface area contributed by atoms with E-state index in [2.05, 4.69) is 10.9 Å². The van der Waals surface area contributed by atoms with Gasteiger partial charge in [0.15, 0.2) is 5.78 Å². The second-order valence-corrected chi connectivity index (χ2v) is 7.70. The Hall–Kier alpha value is -2.58. The molecule has 0 aliphatic carbocycles. The molecule has 1 amide bonds. The second-order valence-electron chi connectivity index (χ2n) is 5.59. The molecule has 0 radical (unpaired) electrons. The van der Waals surface area contributed by atoms with E-state index in [9.17, 15) is 19.5 Å². The molecule has 0 saturated heterocycles. The van der Waals surface area contributed by atoms with Gasteiger partial charge in [0.05, 0.1) is 18.1 Å². The summed E-state index contributed by atoms with van der Waals surface area (Å²) < 4.78 is 24.1. The van der Waals surface area contributed by atoms with Crippen LogP contribution >= 0.6 is 7.60 Å². The summed E-state index contributed by atoms with van der Waals surface area (Å²) >= 11 is 0. The molecule has 2 N–H and O–H groups in total. The topological polar surface area (TPSA) is 120 Å². The van der Waals surface area contributed by atoms with Crippen molar-refractivity contribution in [2.45, 2.75) is 19.6 Å². The molecule has 2 aromatic carbocycles. The highest BCUT2D eigenvalue weighted by Gasteiger charge is 2.37. The van der Waals surface area contributed by atoms with Crippen molar-refractivity contribution in [1.29, 1.82) is 0 Å². The van der Waals surface area contributed by atoms with Crippen molar-refractivity contribution < 1.29 is 23.3 Å². The van der Waals surface area contributed by atoms with Crippen LogP contribution in [0.1, 0.15) is 35.6 Å². The number of hydrogen-bond donors (Lipinski definition) is 2. The second kappa shape index (κ2) is 10.1. The standard InChI is InChI=1S/C18H22N3O6P/c1-3-26-28(25,27-4-2)18(15-8-6-5-7-9-15)20-19-17(22)14-10-12-16(13-11-14)21(23)24/h5-13,18,20H,3-4H2,1-2H3,(H,19,22). The van der Waals surface area contributed by atoms with Crippen LogP contribution in [0.4, 0.5) is 5.69 Å². The zero-order chi connectivity index (χ0) is 20.6. The van der Waals surface area contributed by atoms with Crippen LogP contribution in [0.2, 0.25) is 0 Å². The zero-order valence-electron chi connectivity index (χ0n) is 15.5. The lowest BCUT2D eigenvalue weighted by molar-refractivity contribution is -0.384. The minimum atomic E-state index is -3.64. The Kier molecular flexibility index (Phi) is 7.83. The Labute approximate surface area is 162 Å². The predicted molar refractivity (Wildman–Crippen MR) is 104 cm³/mol. The summed E-state index contributed by atoms with van der Waals surface area (Å²) in [5, 5.41) is 10.7. The van der Waals surface area contributed by atoms with Gasteiger partial charge in [-0.05, 0) is 31.5 Å². The van der Waals surface area contributed by atoms with E-state index >= 15 is 0 Å². The minimum Gasteiger partial charge on any atom is -0.307 e. The lowest BCUT2D eigenvalue weighted by Gasteiger charge is -2.27. The monoisotopic (exact) mass is 407 g/mol. The number of nitrogens with one attached hydrogen (secondary N) is 2. The summed E-state index contributed by atoms with van der Waals surface area (Å²) in [5.74, 6) is -1.48. The van der Waals surface area contributed by atoms with Gasteiger partial charge in [-0.1, -0.05) is 30.3 Å². The van der Waals surface area contributed by atoms with Crippen LogP contribution in [-0.4, -0.2) is 24.0 Å². The molecule has 10 heteroatoms. The van der Waals surface area contributed by atoms with Crippen LogP contribution in [0.3, 0.4) is 0 Å². The molecule has 9 nitrogen and oxygen atoms in total. The Bertz CT molecular complexity index is 834. The molecule has 1 atom stereocenters. The quantitative estimate of drug-likeness (QED) is 0.349. The van der Waals surface area contributed by atoms with Gasteiger partial charge in [0.25, 0.3) is 11.6 Å². The highest BCUT2D eigenvalue weighted by molar-refractivity contribution is 7.54. The first-order chi connectivity index (χ1) is 13.4. The number of non-ortho nitro benzene ring substituents is 1. The fourth-order valence-electron chi connectivity index (χ4n) is 2.47. The summed E-state index contributed by atoms with van der Waals surface area (Å²) in [6, 6.07) is 13.9. The number of amides is 1. The van der Waals surface area contributed by atoms with Crippen LogP contribution < -0.4 is 10.9 Å². The molecule has 1 unspecified atom stereocenters. The molecule has 0 aliphatic heterocycles. The Morgan fingerprint density at radius 1 is 1.07 bits per heavy atom. The van der Waals surface area contributed by atoms with Crippen LogP contribution in [0, 0.1) is 10.1 Å². The zero-order valence-corrected chi connectivity index (χ0v) is 16.4. The fraction of sp³-hybridized carbons (Fsp3) is 0.278. The van der Waals surface area contributed by atoms with E-state index < -0.39 is 24.2 Å². The first-order valence-corrected chi connectivity index (χ1v) is 10.3. The Morgan fingerprint density at radius 2 is 1.64 bits per heavy atom. The fourth-order valence-corrected chi connectivity index (χ4v) is 4.32. The third kappa shape index (κ3) is 5.46. The number of carbonyl (C=O) groups is 1. The van der Waals surface area contributed by atoms with E-state index in [1.807, 2.05) is 6.07 Å². The minimum absolute atomic E-state index is 0.121. The number of hydrazine groups is 1. The normalized spacial score (nSPS) is 12.4. The molecule has 0 fully saturated rings. The van der Waals surface area contributed by atoms with E-state index in [0.29, 0.717) is 5.56 Å². The summed E-state index contributed by atoms with van der Waals surface area (Å²) in [6.07, 6.45) is 0. The van der Waals surface area contributed by atoms with E-state index in [4.69, 9.17) is 9.05 Å². The Balaban J connectivity index is 2.21. The van der Waals surface area contributed by atoms with Gasteiger partial charge in [0.2, 0.25) is 0 Å². The largest absolute Gasteiger partial charge is 0.353 e. The summed E-state index contributed by atoms with van der Waals surface area (Å²) in [7, 11) is -3.64. The van der Waals surface area contributed by atoms with Gasteiger partial charge in [0.1, 0.15) is 0 Å². The molecule has 0 aromatic heterocycles. The number of nitro benzene ring substituents is 1. The van der Waals surface area contributed by atoms with Crippen molar-refractivity contribution in [1.82, 2.24) is 10.9 Å². The summed E-state index contributed by atoms with van der Waals surface area (Å²) in [5.41, 5.74) is 5.90. The molecule has 2 rings (SSSR count). The summed E-state index contributed by atoms with van der Waals surface area (Å²) in [6.45, 7) is 3.73. The van der Waals surface area contributed by atoms with E-state index in [1.165, 1.54) is 24.3 Å². The lowest BCUT2D eigenvalue weighted by Crippen LogP contribution is -2.40. The van der Waals surface area contributed by atoms with E-state index in [-0.39, 0.29) is 24.5 Å². The van der Waals surface area contributed by atoms with Gasteiger partial charge < -0.3 is 9.05 Å². The van der Waals surface area contributed by atoms with Gasteiger partial charge in [-0.25, -0.2) is 5.43 Å². The average Bonchev–Trinajstić information content (AvgIpc) is 2.69. The number of rotatable bonds is 10. The number of nitro groups is 1. The first-order valence-electron chi connectivity index (χ1n) is 8.65. The third-order valence-corrected chi connectivity index (χ3v) is 6.01. The average molecular weight is 407 g/mol. The molecule has 0 saturated carbocycles. The molecule has 0 heterocycles. The van der Waals surface area contributed by atoms with Crippen LogP contribution in [0.5, 0.6) is 0 Å². The van der Waals surface area contributed by atoms with Crippen molar-refractivity contribution >= 4 is 19.2 Å². The number of hydrogen-bond acceptors (Lipinski definition) is 7. The van der Waals surface area contributed by atoms with Gasteiger partial charge in [-0.3, -0.25) is 24.9 Å². The van der Waals surface area contributed by atoms with Crippen molar-refractivity contribution in [2.24, 2.45) is 0 Å². The van der Waals surface area contributed by atoms with Crippen molar-refractivity contribution in [3.05, 3.63) is 75.8 Å². The summed E-state index contributed by atoms with van der Waals surface area (Å²) in [4.78, 5) is 22.6. The Morgan fingerprint density at radius 3 is 2.14 bits per heavy atom. The molecule has 0 aliphatic rings. The van der Waals surface area contributed by atoms with Gasteiger partial charge in [-0.15, -0.1) is 0 Å². The molecule has 150 valence electrons. The molecular formula is C18H22N3O6P. The highest BCUT2D eigenvalue weighted by atomic mass is 31.2. The van der Waals surface area contributed by atoms with E-state index in [0.717, 1.165) is 0 Å². The van der Waals surface area contributed by atoms with Gasteiger partial charge in [0, 0.05) is 17.7 Å². The highest BCUT2D eigenvalue weighted by Crippen LogP contribution is 2.59. The van der Waals surface area contributed by atoms with Crippen molar-refractivity contribution in [2.75, 3.05) is 13.2 Å². The van der Waals surface area contributed by atoms with Crippen LogP contribution in [0.15, 0.2) is 54.6 Å². The smallest absolute Gasteiger partial charge is 0.307 e. The molecule has 2 aromatic rings. The molecule has 0 bridgehead atoms. The molecule has 28 heavy (non-hydrogen) atoms. The lowest BCUT2D eigenvalue weighted by atomic mass is 10.2.